The molecular weight excluding hydrogens is 266 g/mol. The standard InChI is InChI=1S/C21H23N/c1-3-9-19-17(7-1)11-12-18-8-2-4-10-20(18)21(19)13-16-22-14-5-6-15-22/h1-4,7-10,13H,5-6,11-12,14-16H2. The van der Waals surface area contributed by atoms with Crippen molar-refractivity contribution in [3.05, 3.63) is 76.9 Å². The van der Waals surface area contributed by atoms with E-state index < -0.39 is 0 Å². The maximum Gasteiger partial charge on any atom is 0.0172 e. The molecular formula is C21H23N. The molecule has 0 radical (unpaired) electrons. The van der Waals surface area contributed by atoms with Crippen molar-refractivity contribution in [2.45, 2.75) is 25.7 Å². The molecule has 1 heterocycles. The minimum Gasteiger partial charge on any atom is -0.300 e. The summed E-state index contributed by atoms with van der Waals surface area (Å²) in [5, 5.41) is 0. The quantitative estimate of drug-likeness (QED) is 0.796. The van der Waals surface area contributed by atoms with Crippen molar-refractivity contribution in [2.24, 2.45) is 0 Å². The summed E-state index contributed by atoms with van der Waals surface area (Å²) in [4.78, 5) is 2.57. The molecule has 1 aliphatic carbocycles. The highest BCUT2D eigenvalue weighted by atomic mass is 15.1. The van der Waals surface area contributed by atoms with E-state index in [0.29, 0.717) is 0 Å². The second-order valence-electron chi connectivity index (χ2n) is 6.44. The van der Waals surface area contributed by atoms with Crippen molar-refractivity contribution in [1.29, 1.82) is 0 Å². The Bertz CT molecular complexity index is 643. The lowest BCUT2D eigenvalue weighted by atomic mass is 9.94. The summed E-state index contributed by atoms with van der Waals surface area (Å²) in [7, 11) is 0. The van der Waals surface area contributed by atoms with Crippen molar-refractivity contribution < 1.29 is 0 Å². The van der Waals surface area contributed by atoms with Crippen LogP contribution in [-0.2, 0) is 12.8 Å². The van der Waals surface area contributed by atoms with Crippen LogP contribution in [0.15, 0.2) is 54.6 Å². The van der Waals surface area contributed by atoms with Crippen LogP contribution in [0.4, 0.5) is 0 Å². The van der Waals surface area contributed by atoms with Crippen molar-refractivity contribution >= 4 is 5.57 Å². The van der Waals surface area contributed by atoms with Crippen molar-refractivity contribution in [2.75, 3.05) is 19.6 Å². The van der Waals surface area contributed by atoms with Gasteiger partial charge in [0.1, 0.15) is 0 Å². The van der Waals surface area contributed by atoms with Gasteiger partial charge in [-0.25, -0.2) is 0 Å². The van der Waals surface area contributed by atoms with Gasteiger partial charge >= 0.3 is 0 Å². The normalized spacial score (nSPS) is 17.7. The van der Waals surface area contributed by atoms with Crippen LogP contribution in [-0.4, -0.2) is 24.5 Å². The zero-order valence-corrected chi connectivity index (χ0v) is 13.1. The number of hydrogen-bond acceptors (Lipinski definition) is 1. The second-order valence-corrected chi connectivity index (χ2v) is 6.44. The highest BCUT2D eigenvalue weighted by Crippen LogP contribution is 2.33. The first kappa shape index (κ1) is 13.8. The van der Waals surface area contributed by atoms with E-state index in [-0.39, 0.29) is 0 Å². The summed E-state index contributed by atoms with van der Waals surface area (Å²) >= 11 is 0. The first-order chi connectivity index (χ1) is 10.9. The molecule has 0 bridgehead atoms. The van der Waals surface area contributed by atoms with E-state index in [0.717, 1.165) is 19.4 Å². The molecule has 2 aromatic rings. The molecule has 0 amide bonds. The van der Waals surface area contributed by atoms with Crippen molar-refractivity contribution in [3.63, 3.8) is 0 Å². The van der Waals surface area contributed by atoms with Crippen LogP contribution >= 0.6 is 0 Å². The number of rotatable bonds is 2. The molecule has 0 unspecified atom stereocenters. The third-order valence-corrected chi connectivity index (χ3v) is 5.03. The average molecular weight is 289 g/mol. The van der Waals surface area contributed by atoms with Crippen LogP contribution in [0.1, 0.15) is 35.1 Å². The van der Waals surface area contributed by atoms with Crippen LogP contribution < -0.4 is 0 Å². The second kappa shape index (κ2) is 6.10. The van der Waals surface area contributed by atoms with Crippen LogP contribution in [0.2, 0.25) is 0 Å². The molecule has 22 heavy (non-hydrogen) atoms. The van der Waals surface area contributed by atoms with Gasteiger partial charge in [-0.2, -0.15) is 0 Å². The molecule has 1 aliphatic heterocycles. The third kappa shape index (κ3) is 2.62. The maximum atomic E-state index is 2.57. The summed E-state index contributed by atoms with van der Waals surface area (Å²) < 4.78 is 0. The highest BCUT2D eigenvalue weighted by Gasteiger charge is 2.18. The SMILES string of the molecule is C(CN1CCCC1)=C1c2ccccc2CCc2ccccc21. The van der Waals surface area contributed by atoms with E-state index in [1.165, 1.54) is 53.8 Å². The van der Waals surface area contributed by atoms with Gasteiger partial charge in [-0.05, 0) is 66.6 Å². The maximum absolute atomic E-state index is 2.57. The lowest BCUT2D eigenvalue weighted by Crippen LogP contribution is -2.19. The van der Waals surface area contributed by atoms with E-state index in [1.807, 2.05) is 0 Å². The summed E-state index contributed by atoms with van der Waals surface area (Å²) in [6, 6.07) is 17.9. The lowest BCUT2D eigenvalue weighted by Gasteiger charge is -2.16. The largest absolute Gasteiger partial charge is 0.300 e. The predicted octanol–water partition coefficient (Wildman–Crippen LogP) is 4.31. The zero-order chi connectivity index (χ0) is 14.8. The zero-order valence-electron chi connectivity index (χ0n) is 13.1. The fraction of sp³-hybridized carbons (Fsp3) is 0.333. The molecule has 0 saturated carbocycles. The topological polar surface area (TPSA) is 3.24 Å². The van der Waals surface area contributed by atoms with Gasteiger partial charge in [0.05, 0.1) is 0 Å². The molecule has 2 aromatic carbocycles. The first-order valence-corrected chi connectivity index (χ1v) is 8.51. The predicted molar refractivity (Wildman–Crippen MR) is 93.0 cm³/mol. The van der Waals surface area contributed by atoms with E-state index in [1.54, 1.807) is 0 Å². The van der Waals surface area contributed by atoms with Gasteiger partial charge in [-0.3, -0.25) is 4.90 Å². The molecule has 0 aromatic heterocycles. The van der Waals surface area contributed by atoms with Crippen molar-refractivity contribution in [3.8, 4) is 0 Å². The van der Waals surface area contributed by atoms with Crippen LogP contribution in [0.5, 0.6) is 0 Å². The molecule has 2 aliphatic rings. The molecule has 0 N–H and O–H groups in total. The van der Waals surface area contributed by atoms with Crippen molar-refractivity contribution in [1.82, 2.24) is 4.90 Å². The first-order valence-electron chi connectivity index (χ1n) is 8.51. The lowest BCUT2D eigenvalue weighted by molar-refractivity contribution is 0.377. The Hall–Kier alpha value is -1.86. The Balaban J connectivity index is 1.78. The van der Waals surface area contributed by atoms with E-state index >= 15 is 0 Å². The van der Waals surface area contributed by atoms with Crippen LogP contribution in [0.3, 0.4) is 0 Å². The number of likely N-dealkylation sites (tertiary alicyclic amines) is 1. The Morgan fingerprint density at radius 1 is 0.773 bits per heavy atom. The summed E-state index contributed by atoms with van der Waals surface area (Å²) in [6.45, 7) is 3.60. The fourth-order valence-corrected chi connectivity index (χ4v) is 3.82. The van der Waals surface area contributed by atoms with Gasteiger partial charge < -0.3 is 0 Å². The molecule has 1 saturated heterocycles. The number of fused-ring (bicyclic) bond motifs is 2. The molecule has 0 atom stereocenters. The van der Waals surface area contributed by atoms with Crippen LogP contribution in [0.25, 0.3) is 5.57 Å². The van der Waals surface area contributed by atoms with Gasteiger partial charge in [0.2, 0.25) is 0 Å². The molecule has 1 heteroatoms. The number of benzene rings is 2. The Morgan fingerprint density at radius 2 is 1.32 bits per heavy atom. The third-order valence-electron chi connectivity index (χ3n) is 5.03. The number of nitrogens with zero attached hydrogens (tertiary/aromatic N) is 1. The minimum absolute atomic E-state index is 1.08. The minimum atomic E-state index is 1.08. The number of hydrogen-bond donors (Lipinski definition) is 0. The Kier molecular flexibility index (Phi) is 3.82. The Morgan fingerprint density at radius 3 is 1.91 bits per heavy atom. The smallest absolute Gasteiger partial charge is 0.0172 e. The van der Waals surface area contributed by atoms with Crippen LogP contribution in [0, 0.1) is 0 Å². The monoisotopic (exact) mass is 289 g/mol. The average Bonchev–Trinajstić information content (AvgIpc) is 3.03. The summed E-state index contributed by atoms with van der Waals surface area (Å²) in [5.74, 6) is 0. The van der Waals surface area contributed by atoms with E-state index in [9.17, 15) is 0 Å². The summed E-state index contributed by atoms with van der Waals surface area (Å²) in [6.07, 6.45) is 7.48. The van der Waals surface area contributed by atoms with Gasteiger partial charge in [0.15, 0.2) is 0 Å². The van der Waals surface area contributed by atoms with Gasteiger partial charge in [0.25, 0.3) is 0 Å². The fourth-order valence-electron chi connectivity index (χ4n) is 3.82. The summed E-state index contributed by atoms with van der Waals surface area (Å²) in [5.41, 5.74) is 7.30. The molecule has 0 spiro atoms. The molecule has 4 rings (SSSR count). The van der Waals surface area contributed by atoms with Gasteiger partial charge in [0, 0.05) is 6.54 Å². The van der Waals surface area contributed by atoms with E-state index in [2.05, 4.69) is 59.5 Å². The molecule has 1 nitrogen and oxygen atoms in total. The Labute approximate surface area is 133 Å². The number of aryl methyl sites for hydroxylation is 2. The highest BCUT2D eigenvalue weighted by molar-refractivity contribution is 5.84. The molecule has 112 valence electrons. The van der Waals surface area contributed by atoms with Gasteiger partial charge in [-0.1, -0.05) is 54.6 Å². The van der Waals surface area contributed by atoms with E-state index in [4.69, 9.17) is 0 Å². The van der Waals surface area contributed by atoms with Gasteiger partial charge in [-0.15, -0.1) is 0 Å². The molecule has 1 fully saturated rings.